The van der Waals surface area contributed by atoms with Crippen LogP contribution in [-0.2, 0) is 19.1 Å². The highest BCUT2D eigenvalue weighted by Crippen LogP contribution is 2.31. The Kier molecular flexibility index (Phi) is 6.33. The number of amides is 2. The number of carboxylic acid groups (broad SMARTS) is 1. The standard InChI is InChI=1S/C16H19BrN2O5/c1-24-9-7-12(16(22)23)18-14(20)10-6-8-19(15(10)21)13-5-3-2-4-11(13)17/h2-5,10,12H,6-9H2,1H3,(H,18,20)(H,22,23). The van der Waals surface area contributed by atoms with Crippen LogP contribution >= 0.6 is 15.9 Å². The lowest BCUT2D eigenvalue weighted by Gasteiger charge is -2.19. The predicted octanol–water partition coefficient (Wildman–Crippen LogP) is 1.41. The largest absolute Gasteiger partial charge is 0.480 e. The molecule has 130 valence electrons. The van der Waals surface area contributed by atoms with E-state index < -0.39 is 23.8 Å². The van der Waals surface area contributed by atoms with E-state index in [1.165, 1.54) is 7.11 Å². The summed E-state index contributed by atoms with van der Waals surface area (Å²) in [6.07, 6.45) is 0.495. The number of para-hydroxylation sites is 1. The molecule has 7 nitrogen and oxygen atoms in total. The van der Waals surface area contributed by atoms with Crippen molar-refractivity contribution in [2.45, 2.75) is 18.9 Å². The molecule has 1 aliphatic rings. The number of anilines is 1. The van der Waals surface area contributed by atoms with Gasteiger partial charge in [-0.2, -0.15) is 0 Å². The van der Waals surface area contributed by atoms with Gasteiger partial charge in [0.15, 0.2) is 0 Å². The fraction of sp³-hybridized carbons (Fsp3) is 0.438. The number of hydrogen-bond donors (Lipinski definition) is 2. The molecule has 0 aliphatic carbocycles. The van der Waals surface area contributed by atoms with E-state index in [9.17, 15) is 14.4 Å². The molecule has 0 spiro atoms. The molecule has 8 heteroatoms. The molecule has 0 radical (unpaired) electrons. The summed E-state index contributed by atoms with van der Waals surface area (Å²) < 4.78 is 5.61. The fourth-order valence-corrected chi connectivity index (χ4v) is 3.10. The van der Waals surface area contributed by atoms with Gasteiger partial charge in [0, 0.05) is 31.2 Å². The molecule has 1 aromatic carbocycles. The fourth-order valence-electron chi connectivity index (χ4n) is 2.60. The summed E-state index contributed by atoms with van der Waals surface area (Å²) in [5, 5.41) is 11.6. The monoisotopic (exact) mass is 398 g/mol. The molecule has 0 bridgehead atoms. The summed E-state index contributed by atoms with van der Waals surface area (Å²) in [5.41, 5.74) is 0.701. The molecule has 2 unspecified atom stereocenters. The normalized spacial score (nSPS) is 18.5. The molecule has 1 aromatic rings. The molecule has 2 atom stereocenters. The first-order chi connectivity index (χ1) is 11.5. The molecule has 2 N–H and O–H groups in total. The van der Waals surface area contributed by atoms with Crippen LogP contribution in [0.25, 0.3) is 0 Å². The highest BCUT2D eigenvalue weighted by atomic mass is 79.9. The van der Waals surface area contributed by atoms with Crippen molar-refractivity contribution in [2.24, 2.45) is 5.92 Å². The van der Waals surface area contributed by atoms with Crippen molar-refractivity contribution >= 4 is 39.4 Å². The Hall–Kier alpha value is -1.93. The maximum absolute atomic E-state index is 12.5. The number of carbonyl (C=O) groups is 3. The van der Waals surface area contributed by atoms with E-state index in [1.807, 2.05) is 18.2 Å². The molecule has 24 heavy (non-hydrogen) atoms. The number of ether oxygens (including phenoxy) is 1. The number of halogens is 1. The van der Waals surface area contributed by atoms with Crippen LogP contribution in [0.5, 0.6) is 0 Å². The molecule has 0 saturated carbocycles. The minimum atomic E-state index is -1.14. The molecule has 2 amide bonds. The first kappa shape index (κ1) is 18.4. The number of hydrogen-bond acceptors (Lipinski definition) is 4. The first-order valence-electron chi connectivity index (χ1n) is 7.53. The summed E-state index contributed by atoms with van der Waals surface area (Å²) >= 11 is 3.39. The van der Waals surface area contributed by atoms with Gasteiger partial charge in [-0.15, -0.1) is 0 Å². The molecular formula is C16H19BrN2O5. The van der Waals surface area contributed by atoms with Gasteiger partial charge in [-0.25, -0.2) is 4.79 Å². The molecular weight excluding hydrogens is 380 g/mol. The number of rotatable bonds is 7. The number of carboxylic acids is 1. The van der Waals surface area contributed by atoms with Gasteiger partial charge in [0.05, 0.1) is 5.69 Å². The van der Waals surface area contributed by atoms with Crippen LogP contribution in [0.15, 0.2) is 28.7 Å². The first-order valence-corrected chi connectivity index (χ1v) is 8.33. The number of nitrogens with zero attached hydrogens (tertiary/aromatic N) is 1. The van der Waals surface area contributed by atoms with Gasteiger partial charge in [0.2, 0.25) is 11.8 Å². The third-order valence-electron chi connectivity index (χ3n) is 3.89. The van der Waals surface area contributed by atoms with Crippen LogP contribution in [0.3, 0.4) is 0 Å². The van der Waals surface area contributed by atoms with Crippen LogP contribution in [0, 0.1) is 5.92 Å². The predicted molar refractivity (Wildman–Crippen MR) is 90.7 cm³/mol. The van der Waals surface area contributed by atoms with Crippen molar-refractivity contribution in [2.75, 3.05) is 25.2 Å². The lowest BCUT2D eigenvalue weighted by atomic mass is 10.1. The Morgan fingerprint density at radius 1 is 1.46 bits per heavy atom. The lowest BCUT2D eigenvalue weighted by Crippen LogP contribution is -2.46. The van der Waals surface area contributed by atoms with E-state index in [0.717, 1.165) is 4.47 Å². The van der Waals surface area contributed by atoms with E-state index in [-0.39, 0.29) is 18.9 Å². The highest BCUT2D eigenvalue weighted by molar-refractivity contribution is 9.10. The van der Waals surface area contributed by atoms with Gasteiger partial charge in [0.25, 0.3) is 0 Å². The van der Waals surface area contributed by atoms with Crippen molar-refractivity contribution in [3.63, 3.8) is 0 Å². The van der Waals surface area contributed by atoms with Gasteiger partial charge in [-0.05, 0) is 34.5 Å². The average molecular weight is 399 g/mol. The van der Waals surface area contributed by atoms with Gasteiger partial charge in [0.1, 0.15) is 12.0 Å². The third-order valence-corrected chi connectivity index (χ3v) is 4.56. The number of carbonyl (C=O) groups excluding carboxylic acids is 2. The van der Waals surface area contributed by atoms with Gasteiger partial charge >= 0.3 is 5.97 Å². The highest BCUT2D eigenvalue weighted by Gasteiger charge is 2.39. The van der Waals surface area contributed by atoms with Gasteiger partial charge < -0.3 is 20.1 Å². The quantitative estimate of drug-likeness (QED) is 0.676. The Bertz CT molecular complexity index is 637. The Labute approximate surface area is 148 Å². The second-order valence-corrected chi connectivity index (χ2v) is 6.32. The maximum Gasteiger partial charge on any atom is 0.326 e. The average Bonchev–Trinajstić information content (AvgIpc) is 2.93. The van der Waals surface area contributed by atoms with Gasteiger partial charge in [-0.1, -0.05) is 12.1 Å². The van der Waals surface area contributed by atoms with E-state index in [0.29, 0.717) is 18.7 Å². The number of methoxy groups -OCH3 is 1. The lowest BCUT2D eigenvalue weighted by molar-refractivity contribution is -0.144. The van der Waals surface area contributed by atoms with Crippen molar-refractivity contribution in [3.05, 3.63) is 28.7 Å². The van der Waals surface area contributed by atoms with E-state index in [4.69, 9.17) is 9.84 Å². The minimum absolute atomic E-state index is 0.145. The number of benzene rings is 1. The third kappa shape index (κ3) is 4.12. The van der Waals surface area contributed by atoms with Crippen LogP contribution in [0.1, 0.15) is 12.8 Å². The topological polar surface area (TPSA) is 95.9 Å². The number of aliphatic carboxylic acids is 1. The van der Waals surface area contributed by atoms with Crippen LogP contribution < -0.4 is 10.2 Å². The molecule has 1 aliphatic heterocycles. The van der Waals surface area contributed by atoms with Gasteiger partial charge in [-0.3, -0.25) is 9.59 Å². The van der Waals surface area contributed by atoms with E-state index in [2.05, 4.69) is 21.2 Å². The van der Waals surface area contributed by atoms with Crippen molar-refractivity contribution in [3.8, 4) is 0 Å². The van der Waals surface area contributed by atoms with Crippen LogP contribution in [0.2, 0.25) is 0 Å². The summed E-state index contributed by atoms with van der Waals surface area (Å²) in [6.45, 7) is 0.619. The van der Waals surface area contributed by atoms with Crippen LogP contribution in [-0.4, -0.2) is 49.2 Å². The summed E-state index contributed by atoms with van der Waals surface area (Å²) in [7, 11) is 1.46. The summed E-state index contributed by atoms with van der Waals surface area (Å²) in [6, 6.07) is 6.20. The molecule has 0 aromatic heterocycles. The summed E-state index contributed by atoms with van der Waals surface area (Å²) in [5.74, 6) is -2.90. The second-order valence-electron chi connectivity index (χ2n) is 5.46. The maximum atomic E-state index is 12.5. The zero-order valence-corrected chi connectivity index (χ0v) is 14.8. The number of nitrogens with one attached hydrogen (secondary N) is 1. The smallest absolute Gasteiger partial charge is 0.326 e. The molecule has 2 rings (SSSR count). The minimum Gasteiger partial charge on any atom is -0.480 e. The summed E-state index contributed by atoms with van der Waals surface area (Å²) in [4.78, 5) is 37.6. The molecule has 1 saturated heterocycles. The van der Waals surface area contributed by atoms with Crippen molar-refractivity contribution in [1.82, 2.24) is 5.32 Å². The van der Waals surface area contributed by atoms with E-state index in [1.54, 1.807) is 11.0 Å². The Balaban J connectivity index is 2.05. The van der Waals surface area contributed by atoms with Crippen molar-refractivity contribution < 1.29 is 24.2 Å². The van der Waals surface area contributed by atoms with E-state index >= 15 is 0 Å². The SMILES string of the molecule is COCCC(NC(=O)C1CCN(c2ccccc2Br)C1=O)C(=O)O. The Morgan fingerprint density at radius 2 is 2.17 bits per heavy atom. The molecule has 1 fully saturated rings. The Morgan fingerprint density at radius 3 is 2.79 bits per heavy atom. The second kappa shape index (κ2) is 8.25. The molecule has 1 heterocycles. The zero-order valence-electron chi connectivity index (χ0n) is 13.2. The van der Waals surface area contributed by atoms with Crippen LogP contribution in [0.4, 0.5) is 5.69 Å². The zero-order chi connectivity index (χ0) is 17.7. The van der Waals surface area contributed by atoms with Crippen molar-refractivity contribution in [1.29, 1.82) is 0 Å².